The first kappa shape index (κ1) is 12.7. The Bertz CT molecular complexity index is 192. The normalized spacial score (nSPS) is 10.2. The Morgan fingerprint density at radius 1 is 1.54 bits per heavy atom. The van der Waals surface area contributed by atoms with Crippen molar-refractivity contribution >= 4 is 21.8 Å². The predicted molar refractivity (Wildman–Crippen MR) is 58.8 cm³/mol. The van der Waals surface area contributed by atoms with Crippen molar-refractivity contribution < 1.29 is 4.79 Å². The van der Waals surface area contributed by atoms with Crippen molar-refractivity contribution in [3.8, 4) is 0 Å². The zero-order chi connectivity index (χ0) is 10.4. The number of carbonyl (C=O) groups excluding carboxylic acids is 1. The molecule has 0 aromatic rings. The minimum Gasteiger partial charge on any atom is -0.342 e. The topological polar surface area (TPSA) is 32.3 Å². The van der Waals surface area contributed by atoms with Gasteiger partial charge in [0.25, 0.3) is 0 Å². The van der Waals surface area contributed by atoms with Gasteiger partial charge in [-0.15, -0.1) is 0 Å². The van der Waals surface area contributed by atoms with Crippen LogP contribution in [0.15, 0.2) is 11.1 Å². The number of nitrogens with one attached hydrogen (secondary N) is 1. The Morgan fingerprint density at radius 2 is 2.08 bits per heavy atom. The molecule has 0 saturated carbocycles. The third-order valence-corrected chi connectivity index (χ3v) is 2.04. The fraction of sp³-hybridized carbons (Fsp3) is 0.667. The monoisotopic (exact) mass is 248 g/mol. The van der Waals surface area contributed by atoms with Crippen LogP contribution in [0, 0.1) is 0 Å². The van der Waals surface area contributed by atoms with Crippen molar-refractivity contribution in [2.75, 3.05) is 20.1 Å². The second-order valence-corrected chi connectivity index (χ2v) is 4.34. The molecule has 13 heavy (non-hydrogen) atoms. The van der Waals surface area contributed by atoms with Crippen LogP contribution in [0.25, 0.3) is 0 Å². The van der Waals surface area contributed by atoms with Crippen LogP contribution in [0.5, 0.6) is 0 Å². The fourth-order valence-electron chi connectivity index (χ4n) is 0.718. The summed E-state index contributed by atoms with van der Waals surface area (Å²) in [6.45, 7) is 8.62. The number of rotatable bonds is 5. The molecule has 76 valence electrons. The molecule has 0 bridgehead atoms. The lowest BCUT2D eigenvalue weighted by Crippen LogP contribution is -2.39. The molecule has 0 aromatic heterocycles. The second-order valence-electron chi connectivity index (χ2n) is 3.22. The van der Waals surface area contributed by atoms with E-state index in [1.807, 2.05) is 13.8 Å². The summed E-state index contributed by atoms with van der Waals surface area (Å²) in [5.41, 5.74) is 0. The Morgan fingerprint density at radius 3 is 2.46 bits per heavy atom. The molecule has 1 N–H and O–H groups in total. The number of halogens is 1. The van der Waals surface area contributed by atoms with Crippen LogP contribution in [0.1, 0.15) is 13.8 Å². The van der Waals surface area contributed by atoms with Crippen molar-refractivity contribution in [1.29, 1.82) is 0 Å². The number of nitrogens with zero attached hydrogens (tertiary/aromatic N) is 1. The third-order valence-electron chi connectivity index (χ3n) is 1.76. The first-order valence-corrected chi connectivity index (χ1v) is 5.04. The van der Waals surface area contributed by atoms with Gasteiger partial charge in [-0.25, -0.2) is 0 Å². The van der Waals surface area contributed by atoms with Gasteiger partial charge in [-0.3, -0.25) is 4.79 Å². The molecule has 0 saturated heterocycles. The zero-order valence-electron chi connectivity index (χ0n) is 8.43. The minimum atomic E-state index is 0.101. The van der Waals surface area contributed by atoms with Crippen LogP contribution in [0.4, 0.5) is 0 Å². The molecule has 0 aromatic carbocycles. The average Bonchev–Trinajstić information content (AvgIpc) is 2.02. The number of hydrogen-bond donors (Lipinski definition) is 1. The van der Waals surface area contributed by atoms with Crippen LogP contribution >= 0.6 is 15.9 Å². The van der Waals surface area contributed by atoms with E-state index >= 15 is 0 Å². The van der Waals surface area contributed by atoms with Crippen LogP contribution < -0.4 is 5.32 Å². The molecule has 0 aliphatic rings. The van der Waals surface area contributed by atoms with Gasteiger partial charge in [0.2, 0.25) is 5.91 Å². The molecule has 0 heterocycles. The van der Waals surface area contributed by atoms with E-state index < -0.39 is 0 Å². The summed E-state index contributed by atoms with van der Waals surface area (Å²) in [5, 5.41) is 2.98. The molecule has 0 radical (unpaired) electrons. The molecule has 0 spiro atoms. The lowest BCUT2D eigenvalue weighted by molar-refractivity contribution is -0.130. The summed E-state index contributed by atoms with van der Waals surface area (Å²) in [6.07, 6.45) is 0. The molecule has 0 rings (SSSR count). The van der Waals surface area contributed by atoms with E-state index in [1.54, 1.807) is 11.9 Å². The van der Waals surface area contributed by atoms with E-state index in [0.29, 0.717) is 13.1 Å². The molecule has 1 amide bonds. The smallest absolute Gasteiger partial charge is 0.236 e. The first-order chi connectivity index (χ1) is 5.95. The number of carbonyl (C=O) groups is 1. The van der Waals surface area contributed by atoms with Gasteiger partial charge in [0, 0.05) is 24.1 Å². The lowest BCUT2D eigenvalue weighted by Gasteiger charge is -2.21. The summed E-state index contributed by atoms with van der Waals surface area (Å²) in [4.78, 5) is 13.1. The maximum absolute atomic E-state index is 11.4. The van der Waals surface area contributed by atoms with E-state index in [2.05, 4.69) is 27.8 Å². The second kappa shape index (κ2) is 6.16. The number of hydrogen-bond acceptors (Lipinski definition) is 2. The van der Waals surface area contributed by atoms with Gasteiger partial charge in [0.15, 0.2) is 0 Å². The van der Waals surface area contributed by atoms with Crippen molar-refractivity contribution in [3.05, 3.63) is 11.1 Å². The molecule has 0 fully saturated rings. The largest absolute Gasteiger partial charge is 0.342 e. The Kier molecular flexibility index (Phi) is 5.99. The standard InChI is InChI=1S/C9H17BrN2O/c1-7(2)12(4)9(13)6-11-5-8(3)10/h7,11H,3,5-6H2,1-2,4H3. The summed E-state index contributed by atoms with van der Waals surface area (Å²) in [7, 11) is 1.80. The average molecular weight is 249 g/mol. The van der Waals surface area contributed by atoms with Gasteiger partial charge in [0.1, 0.15) is 0 Å². The molecule has 3 nitrogen and oxygen atoms in total. The Hall–Kier alpha value is -0.350. The van der Waals surface area contributed by atoms with Crippen molar-refractivity contribution in [1.82, 2.24) is 10.2 Å². The molecular formula is C9H17BrN2O. The maximum atomic E-state index is 11.4. The molecule has 0 atom stereocenters. The summed E-state index contributed by atoms with van der Waals surface area (Å²) in [6, 6.07) is 0.251. The summed E-state index contributed by atoms with van der Waals surface area (Å²) in [5.74, 6) is 0.101. The van der Waals surface area contributed by atoms with Crippen LogP contribution in [-0.2, 0) is 4.79 Å². The van der Waals surface area contributed by atoms with Crippen LogP contribution in [0.3, 0.4) is 0 Å². The molecule has 4 heteroatoms. The van der Waals surface area contributed by atoms with E-state index in [4.69, 9.17) is 0 Å². The van der Waals surface area contributed by atoms with Crippen LogP contribution in [-0.4, -0.2) is 37.0 Å². The lowest BCUT2D eigenvalue weighted by atomic mass is 10.3. The van der Waals surface area contributed by atoms with Crippen molar-refractivity contribution in [3.63, 3.8) is 0 Å². The van der Waals surface area contributed by atoms with E-state index in [1.165, 1.54) is 0 Å². The maximum Gasteiger partial charge on any atom is 0.236 e. The quantitative estimate of drug-likeness (QED) is 0.797. The van der Waals surface area contributed by atoms with Gasteiger partial charge in [-0.2, -0.15) is 0 Å². The summed E-state index contributed by atoms with van der Waals surface area (Å²) >= 11 is 3.21. The van der Waals surface area contributed by atoms with Crippen molar-refractivity contribution in [2.45, 2.75) is 19.9 Å². The van der Waals surface area contributed by atoms with Gasteiger partial charge in [0.05, 0.1) is 6.54 Å². The Balaban J connectivity index is 3.68. The number of likely N-dealkylation sites (N-methyl/N-ethyl adjacent to an activating group) is 1. The molecule has 0 aliphatic heterocycles. The Labute approximate surface area is 88.3 Å². The highest BCUT2D eigenvalue weighted by Gasteiger charge is 2.10. The highest BCUT2D eigenvalue weighted by molar-refractivity contribution is 9.11. The minimum absolute atomic E-state index is 0.101. The fourth-order valence-corrected chi connectivity index (χ4v) is 0.916. The molecule has 0 unspecified atom stereocenters. The highest BCUT2D eigenvalue weighted by atomic mass is 79.9. The SMILES string of the molecule is C=C(Br)CNCC(=O)N(C)C(C)C. The molecule has 0 aliphatic carbocycles. The van der Waals surface area contributed by atoms with Crippen LogP contribution in [0.2, 0.25) is 0 Å². The van der Waals surface area contributed by atoms with Gasteiger partial charge in [-0.05, 0) is 13.8 Å². The zero-order valence-corrected chi connectivity index (χ0v) is 10.0. The molecular weight excluding hydrogens is 232 g/mol. The third kappa shape index (κ3) is 5.82. The van der Waals surface area contributed by atoms with Gasteiger partial charge in [-0.1, -0.05) is 22.5 Å². The van der Waals surface area contributed by atoms with E-state index in [9.17, 15) is 4.79 Å². The van der Waals surface area contributed by atoms with E-state index in [-0.39, 0.29) is 11.9 Å². The van der Waals surface area contributed by atoms with Gasteiger partial charge < -0.3 is 10.2 Å². The first-order valence-electron chi connectivity index (χ1n) is 4.24. The van der Waals surface area contributed by atoms with Crippen molar-refractivity contribution in [2.24, 2.45) is 0 Å². The predicted octanol–water partition coefficient (Wildman–Crippen LogP) is 1.35. The van der Waals surface area contributed by atoms with Gasteiger partial charge >= 0.3 is 0 Å². The summed E-state index contributed by atoms with van der Waals surface area (Å²) < 4.78 is 0.854. The highest BCUT2D eigenvalue weighted by Crippen LogP contribution is 1.97. The number of amides is 1. The van der Waals surface area contributed by atoms with E-state index in [0.717, 1.165) is 4.48 Å².